The minimum atomic E-state index is -3.71. The average molecular weight is 466 g/mol. The zero-order valence-electron chi connectivity index (χ0n) is 16.8. The van der Waals surface area contributed by atoms with E-state index in [9.17, 15) is 18.4 Å². The Labute approximate surface area is 185 Å². The fourth-order valence-corrected chi connectivity index (χ4v) is 5.64. The van der Waals surface area contributed by atoms with Gasteiger partial charge in [0.1, 0.15) is 0 Å². The zero-order chi connectivity index (χ0) is 21.8. The van der Waals surface area contributed by atoms with Gasteiger partial charge in [0.15, 0.2) is 17.7 Å². The highest BCUT2D eigenvalue weighted by Crippen LogP contribution is 2.33. The van der Waals surface area contributed by atoms with E-state index in [-0.39, 0.29) is 29.6 Å². The van der Waals surface area contributed by atoms with Crippen molar-refractivity contribution in [3.8, 4) is 11.5 Å². The van der Waals surface area contributed by atoms with Crippen molar-refractivity contribution in [2.75, 3.05) is 45.1 Å². The summed E-state index contributed by atoms with van der Waals surface area (Å²) in [5, 5.41) is 12.1. The predicted octanol–water partition coefficient (Wildman–Crippen LogP) is 1.11. The Morgan fingerprint density at radius 1 is 1.06 bits per heavy atom. The Morgan fingerprint density at radius 2 is 1.81 bits per heavy atom. The summed E-state index contributed by atoms with van der Waals surface area (Å²) in [7, 11) is -3.71. The van der Waals surface area contributed by atoms with Crippen LogP contribution in [0.15, 0.2) is 52.5 Å². The van der Waals surface area contributed by atoms with Crippen molar-refractivity contribution in [3.63, 3.8) is 0 Å². The number of carbonyl (C=O) groups is 1. The van der Waals surface area contributed by atoms with Crippen molar-refractivity contribution in [2.45, 2.75) is 16.3 Å². The number of fused-ring (bicyclic) bond motifs is 1. The SMILES string of the molecule is O=C(CSc1cccc[n+]1[O-])N1CCN(S(=O)(=O)c2ccc3c(c2)OCCCO3)CC1. The van der Waals surface area contributed by atoms with Crippen LogP contribution in [0.1, 0.15) is 6.42 Å². The normalized spacial score (nSPS) is 17.2. The molecule has 2 aliphatic rings. The average Bonchev–Trinajstić information content (AvgIpc) is 3.03. The lowest BCUT2D eigenvalue weighted by Crippen LogP contribution is -2.51. The molecule has 1 aromatic heterocycles. The molecule has 0 aliphatic carbocycles. The van der Waals surface area contributed by atoms with Gasteiger partial charge in [-0.2, -0.15) is 9.04 Å². The quantitative estimate of drug-likeness (QED) is 0.370. The molecule has 0 bridgehead atoms. The number of nitrogens with zero attached hydrogens (tertiary/aromatic N) is 3. The minimum absolute atomic E-state index is 0.124. The fraction of sp³-hybridized carbons (Fsp3) is 0.400. The second kappa shape index (κ2) is 9.33. The summed E-state index contributed by atoms with van der Waals surface area (Å²) >= 11 is 1.17. The summed E-state index contributed by atoms with van der Waals surface area (Å²) < 4.78 is 39.4. The molecule has 2 aliphatic heterocycles. The number of piperazine rings is 1. The zero-order valence-corrected chi connectivity index (χ0v) is 18.4. The van der Waals surface area contributed by atoms with Gasteiger partial charge in [0.2, 0.25) is 15.9 Å². The summed E-state index contributed by atoms with van der Waals surface area (Å²) in [6.45, 7) is 2.03. The number of ether oxygens (including phenoxy) is 2. The van der Waals surface area contributed by atoms with Crippen LogP contribution in [-0.2, 0) is 14.8 Å². The molecule has 0 unspecified atom stereocenters. The van der Waals surface area contributed by atoms with Crippen molar-refractivity contribution >= 4 is 27.7 Å². The van der Waals surface area contributed by atoms with Crippen LogP contribution in [-0.4, -0.2) is 68.7 Å². The lowest BCUT2D eigenvalue weighted by molar-refractivity contribution is -0.645. The number of hydrogen-bond donors (Lipinski definition) is 0. The Kier molecular flexibility index (Phi) is 6.54. The molecule has 1 saturated heterocycles. The van der Waals surface area contributed by atoms with E-state index < -0.39 is 10.0 Å². The van der Waals surface area contributed by atoms with Gasteiger partial charge in [0.25, 0.3) is 5.03 Å². The van der Waals surface area contributed by atoms with E-state index in [1.165, 1.54) is 34.4 Å². The second-order valence-electron chi connectivity index (χ2n) is 7.10. The predicted molar refractivity (Wildman–Crippen MR) is 114 cm³/mol. The molecule has 2 aromatic rings. The van der Waals surface area contributed by atoms with Crippen molar-refractivity contribution < 1.29 is 27.4 Å². The number of pyridine rings is 1. The van der Waals surface area contributed by atoms with Crippen molar-refractivity contribution in [1.29, 1.82) is 0 Å². The molecule has 1 fully saturated rings. The molecular weight excluding hydrogens is 442 g/mol. The molecule has 31 heavy (non-hydrogen) atoms. The maximum Gasteiger partial charge on any atom is 0.251 e. The molecule has 0 atom stereocenters. The minimum Gasteiger partial charge on any atom is -0.618 e. The molecular formula is C20H23N3O6S2. The molecule has 9 nitrogen and oxygen atoms in total. The summed E-state index contributed by atoms with van der Waals surface area (Å²) in [6, 6.07) is 9.67. The monoisotopic (exact) mass is 465 g/mol. The first-order chi connectivity index (χ1) is 14.9. The third-order valence-electron chi connectivity index (χ3n) is 5.08. The van der Waals surface area contributed by atoms with E-state index in [0.29, 0.717) is 42.8 Å². The number of aromatic nitrogens is 1. The Bertz CT molecular complexity index is 1050. The Hall–Kier alpha value is -2.50. The van der Waals surface area contributed by atoms with Gasteiger partial charge in [-0.25, -0.2) is 8.42 Å². The van der Waals surface area contributed by atoms with E-state index in [0.717, 1.165) is 11.2 Å². The summed E-state index contributed by atoms with van der Waals surface area (Å²) in [5.74, 6) is 0.978. The fourth-order valence-electron chi connectivity index (χ4n) is 3.38. The molecule has 0 N–H and O–H groups in total. The van der Waals surface area contributed by atoms with E-state index in [1.54, 1.807) is 29.2 Å². The molecule has 0 spiro atoms. The standard InChI is InChI=1S/C20H23N3O6S2/c24-19(15-30-20-4-1-2-7-23(20)25)21-8-10-22(11-9-21)31(26,27)16-5-6-17-18(14-16)29-13-3-12-28-17/h1-2,4-7,14H,3,8-13,15H2. The van der Waals surface area contributed by atoms with E-state index in [4.69, 9.17) is 9.47 Å². The Morgan fingerprint density at radius 3 is 2.55 bits per heavy atom. The van der Waals surface area contributed by atoms with E-state index >= 15 is 0 Å². The van der Waals surface area contributed by atoms with Crippen LogP contribution in [0.4, 0.5) is 0 Å². The lowest BCUT2D eigenvalue weighted by atomic mass is 10.3. The van der Waals surface area contributed by atoms with E-state index in [1.807, 2.05) is 0 Å². The molecule has 3 heterocycles. The molecule has 4 rings (SSSR count). The molecule has 0 radical (unpaired) electrons. The van der Waals surface area contributed by atoms with Gasteiger partial charge in [-0.15, -0.1) is 0 Å². The highest BCUT2D eigenvalue weighted by Gasteiger charge is 2.31. The van der Waals surface area contributed by atoms with Gasteiger partial charge in [-0.1, -0.05) is 0 Å². The number of sulfonamides is 1. The third kappa shape index (κ3) is 4.89. The number of benzene rings is 1. The van der Waals surface area contributed by atoms with E-state index in [2.05, 4.69) is 0 Å². The van der Waals surface area contributed by atoms with Crippen LogP contribution in [0.25, 0.3) is 0 Å². The largest absolute Gasteiger partial charge is 0.618 e. The van der Waals surface area contributed by atoms with Gasteiger partial charge in [-0.05, 0) is 30.0 Å². The number of thioether (sulfide) groups is 1. The first-order valence-electron chi connectivity index (χ1n) is 9.94. The maximum atomic E-state index is 13.1. The summed E-state index contributed by atoms with van der Waals surface area (Å²) in [4.78, 5) is 14.3. The second-order valence-corrected chi connectivity index (χ2v) is 10.0. The molecule has 1 aromatic carbocycles. The first kappa shape index (κ1) is 21.7. The summed E-state index contributed by atoms with van der Waals surface area (Å²) in [6.07, 6.45) is 2.13. The van der Waals surface area contributed by atoms with Crippen molar-refractivity contribution in [3.05, 3.63) is 47.8 Å². The highest BCUT2D eigenvalue weighted by atomic mass is 32.2. The van der Waals surface area contributed by atoms with Gasteiger partial charge in [0.05, 0.1) is 23.9 Å². The van der Waals surface area contributed by atoms with Crippen LogP contribution < -0.4 is 14.2 Å². The number of amides is 1. The molecule has 1 amide bonds. The van der Waals surface area contributed by atoms with Crippen LogP contribution >= 0.6 is 11.8 Å². The Balaban J connectivity index is 1.36. The first-order valence-corrected chi connectivity index (χ1v) is 12.4. The van der Waals surface area contributed by atoms with Gasteiger partial charge in [0, 0.05) is 50.8 Å². The lowest BCUT2D eigenvalue weighted by Gasteiger charge is -2.34. The molecule has 0 saturated carbocycles. The van der Waals surface area contributed by atoms with Crippen LogP contribution in [0.2, 0.25) is 0 Å². The third-order valence-corrected chi connectivity index (χ3v) is 7.98. The van der Waals surface area contributed by atoms with Crippen LogP contribution in [0, 0.1) is 5.21 Å². The topological polar surface area (TPSA) is 103 Å². The van der Waals surface area contributed by atoms with Gasteiger partial charge >= 0.3 is 0 Å². The van der Waals surface area contributed by atoms with Gasteiger partial charge in [-0.3, -0.25) is 4.79 Å². The number of carbonyl (C=O) groups excluding carboxylic acids is 1. The molecule has 166 valence electrons. The van der Waals surface area contributed by atoms with Crippen LogP contribution in [0.5, 0.6) is 11.5 Å². The van der Waals surface area contributed by atoms with Crippen molar-refractivity contribution in [2.24, 2.45) is 0 Å². The van der Waals surface area contributed by atoms with Crippen molar-refractivity contribution in [1.82, 2.24) is 9.21 Å². The summed E-state index contributed by atoms with van der Waals surface area (Å²) in [5.41, 5.74) is 0. The highest BCUT2D eigenvalue weighted by molar-refractivity contribution is 7.99. The molecule has 11 heteroatoms. The maximum absolute atomic E-state index is 13.1. The van der Waals surface area contributed by atoms with Crippen LogP contribution in [0.3, 0.4) is 0 Å². The van der Waals surface area contributed by atoms with Gasteiger partial charge < -0.3 is 19.6 Å². The number of hydrogen-bond acceptors (Lipinski definition) is 7. The number of rotatable bonds is 5. The smallest absolute Gasteiger partial charge is 0.251 e.